The average Bonchev–Trinajstić information content (AvgIpc) is 2.88. The summed E-state index contributed by atoms with van der Waals surface area (Å²) in [7, 11) is 2.66. The lowest BCUT2D eigenvalue weighted by atomic mass is 9.85. The van der Waals surface area contributed by atoms with Crippen molar-refractivity contribution in [2.75, 3.05) is 27.2 Å². The highest BCUT2D eigenvalue weighted by Gasteiger charge is 2.39. The minimum Gasteiger partial charge on any atom is -0.352 e. The lowest BCUT2D eigenvalue weighted by Gasteiger charge is -2.39. The maximum Gasteiger partial charge on any atom is 0.431 e. The fourth-order valence-electron chi connectivity index (χ4n) is 4.54. The summed E-state index contributed by atoms with van der Waals surface area (Å²) in [5.74, 6) is -2.17. The molecule has 0 radical (unpaired) electrons. The van der Waals surface area contributed by atoms with Crippen molar-refractivity contribution < 1.29 is 27.2 Å². The number of piperidine rings is 1. The van der Waals surface area contributed by atoms with Crippen LogP contribution >= 0.6 is 11.6 Å². The molecule has 1 aromatic heterocycles. The molecule has 0 spiro atoms. The summed E-state index contributed by atoms with van der Waals surface area (Å²) in [5, 5.41) is 7.34. The number of amides is 2. The van der Waals surface area contributed by atoms with Gasteiger partial charge in [0.2, 0.25) is 5.91 Å². The molecule has 1 saturated heterocycles. The molecule has 0 unspecified atom stereocenters. The van der Waals surface area contributed by atoms with Crippen LogP contribution in [-0.2, 0) is 4.79 Å². The van der Waals surface area contributed by atoms with Gasteiger partial charge in [0.05, 0.1) is 17.0 Å². The largest absolute Gasteiger partial charge is 0.431 e. The van der Waals surface area contributed by atoms with Gasteiger partial charge in [0, 0.05) is 57.1 Å². The molecular weight excluding hydrogens is 540 g/mol. The minimum atomic E-state index is -4.78. The molecule has 2 atom stereocenters. The van der Waals surface area contributed by atoms with Crippen LogP contribution in [0.1, 0.15) is 34.7 Å². The number of fused-ring (bicyclic) bond motifs is 1. The summed E-state index contributed by atoms with van der Waals surface area (Å²) in [4.78, 5) is 36.1. The maximum absolute atomic E-state index is 13.6. The molecule has 3 aromatic rings. The Labute approximate surface area is 226 Å². The van der Waals surface area contributed by atoms with Crippen molar-refractivity contribution in [2.45, 2.75) is 31.0 Å². The number of nitrogens with one attached hydrogen (secondary N) is 1. The molecule has 4 rings (SSSR count). The summed E-state index contributed by atoms with van der Waals surface area (Å²) < 4.78 is 53.8. The maximum atomic E-state index is 13.6. The Morgan fingerprint density at radius 3 is 2.51 bits per heavy atom. The van der Waals surface area contributed by atoms with E-state index in [9.17, 15) is 27.2 Å². The predicted molar refractivity (Wildman–Crippen MR) is 138 cm³/mol. The standard InChI is InChI=1S/C26H25ClF4N6O2/c1-36(2)35-22(26(29,30)31)13-23(38)34-20-7-10-37(14-18(20)15-3-5-17(28)6-4-15)25(39)16-11-19(27)24-21(12-16)32-8-9-33-24/h3-6,8-9,11-12,18,20H,7,10,13-14H2,1-2H3,(H,34,38)/b35-22+/t18-,20-/m1/s1. The highest BCUT2D eigenvalue weighted by molar-refractivity contribution is 6.35. The Morgan fingerprint density at radius 1 is 1.15 bits per heavy atom. The number of carbonyl (C=O) groups is 2. The van der Waals surface area contributed by atoms with E-state index in [4.69, 9.17) is 11.6 Å². The normalized spacial score (nSPS) is 18.2. The van der Waals surface area contributed by atoms with Crippen molar-refractivity contribution >= 4 is 40.2 Å². The van der Waals surface area contributed by atoms with E-state index < -0.39 is 42.0 Å². The van der Waals surface area contributed by atoms with Gasteiger partial charge in [0.1, 0.15) is 11.3 Å². The van der Waals surface area contributed by atoms with Gasteiger partial charge in [-0.15, -0.1) is 0 Å². The SMILES string of the molecule is CN(C)/N=C(\CC(=O)N[C@@H]1CCN(C(=O)c2cc(Cl)c3nccnc3c2)C[C@@H]1c1ccc(F)cc1)C(F)(F)F. The first-order valence-electron chi connectivity index (χ1n) is 12.0. The van der Waals surface area contributed by atoms with Crippen LogP contribution in [0.2, 0.25) is 5.02 Å². The molecule has 1 N–H and O–H groups in total. The first kappa shape index (κ1) is 28.2. The zero-order chi connectivity index (χ0) is 28.3. The van der Waals surface area contributed by atoms with Crippen molar-refractivity contribution in [3.63, 3.8) is 0 Å². The first-order chi connectivity index (χ1) is 18.4. The third kappa shape index (κ3) is 6.80. The van der Waals surface area contributed by atoms with E-state index >= 15 is 0 Å². The molecule has 2 amide bonds. The van der Waals surface area contributed by atoms with Gasteiger partial charge in [0.15, 0.2) is 5.71 Å². The van der Waals surface area contributed by atoms with E-state index in [0.717, 1.165) is 5.01 Å². The molecule has 1 aliphatic heterocycles. The van der Waals surface area contributed by atoms with Gasteiger partial charge >= 0.3 is 6.18 Å². The highest BCUT2D eigenvalue weighted by atomic mass is 35.5. The molecule has 206 valence electrons. The number of hydrazone groups is 1. The molecule has 2 heterocycles. The molecule has 0 bridgehead atoms. The Balaban J connectivity index is 1.57. The second-order valence-electron chi connectivity index (χ2n) is 9.32. The van der Waals surface area contributed by atoms with E-state index in [2.05, 4.69) is 20.4 Å². The molecule has 0 aliphatic carbocycles. The van der Waals surface area contributed by atoms with Gasteiger partial charge in [0.25, 0.3) is 5.91 Å². The lowest BCUT2D eigenvalue weighted by molar-refractivity contribution is -0.122. The first-order valence-corrected chi connectivity index (χ1v) is 12.4. The molecule has 1 aliphatic rings. The number of hydrogen-bond acceptors (Lipinski definition) is 6. The number of hydrogen-bond donors (Lipinski definition) is 1. The average molecular weight is 565 g/mol. The summed E-state index contributed by atoms with van der Waals surface area (Å²) in [5.41, 5.74) is 0.595. The van der Waals surface area contributed by atoms with Gasteiger partial charge in [-0.2, -0.15) is 18.3 Å². The lowest BCUT2D eigenvalue weighted by Crippen LogP contribution is -2.51. The molecule has 2 aromatic carbocycles. The predicted octanol–water partition coefficient (Wildman–Crippen LogP) is 4.41. The number of rotatable bonds is 6. The van der Waals surface area contributed by atoms with Crippen LogP contribution < -0.4 is 5.32 Å². The minimum absolute atomic E-state index is 0.128. The fourth-order valence-corrected chi connectivity index (χ4v) is 4.80. The van der Waals surface area contributed by atoms with Gasteiger partial charge < -0.3 is 15.2 Å². The third-order valence-electron chi connectivity index (χ3n) is 6.29. The Bertz CT molecular complexity index is 1400. The van der Waals surface area contributed by atoms with Crippen LogP contribution in [0.3, 0.4) is 0 Å². The Morgan fingerprint density at radius 2 is 1.85 bits per heavy atom. The second-order valence-corrected chi connectivity index (χ2v) is 9.73. The number of likely N-dealkylation sites (tertiary alicyclic amines) is 1. The zero-order valence-electron chi connectivity index (χ0n) is 21.0. The number of aromatic nitrogens is 2. The Hall–Kier alpha value is -3.80. The van der Waals surface area contributed by atoms with Crippen molar-refractivity contribution in [2.24, 2.45) is 5.10 Å². The summed E-state index contributed by atoms with van der Waals surface area (Å²) in [6, 6.07) is 8.05. The van der Waals surface area contributed by atoms with E-state index in [1.165, 1.54) is 56.8 Å². The number of carbonyl (C=O) groups excluding carboxylic acids is 2. The number of nitrogens with zero attached hydrogens (tertiary/aromatic N) is 5. The monoisotopic (exact) mass is 564 g/mol. The summed E-state index contributed by atoms with van der Waals surface area (Å²) in [6.45, 7) is 0.346. The number of benzene rings is 2. The van der Waals surface area contributed by atoms with Gasteiger partial charge in [-0.3, -0.25) is 19.6 Å². The van der Waals surface area contributed by atoms with Crippen LogP contribution in [0.15, 0.2) is 53.9 Å². The van der Waals surface area contributed by atoms with Crippen LogP contribution in [0.25, 0.3) is 11.0 Å². The number of alkyl halides is 3. The molecule has 13 heteroatoms. The molecule has 8 nitrogen and oxygen atoms in total. The van der Waals surface area contributed by atoms with Crippen molar-refractivity contribution in [3.8, 4) is 0 Å². The quantitative estimate of drug-likeness (QED) is 0.272. The van der Waals surface area contributed by atoms with Gasteiger partial charge in [-0.25, -0.2) is 4.39 Å². The zero-order valence-corrected chi connectivity index (χ0v) is 21.8. The topological polar surface area (TPSA) is 90.8 Å². The molecule has 0 saturated carbocycles. The highest BCUT2D eigenvalue weighted by Crippen LogP contribution is 2.30. The smallest absolute Gasteiger partial charge is 0.352 e. The van der Waals surface area contributed by atoms with Crippen LogP contribution in [0.5, 0.6) is 0 Å². The van der Waals surface area contributed by atoms with Crippen molar-refractivity contribution in [1.29, 1.82) is 0 Å². The van der Waals surface area contributed by atoms with E-state index in [0.29, 0.717) is 22.2 Å². The van der Waals surface area contributed by atoms with Crippen molar-refractivity contribution in [1.82, 2.24) is 25.2 Å². The van der Waals surface area contributed by atoms with E-state index in [-0.39, 0.29) is 30.4 Å². The molecule has 39 heavy (non-hydrogen) atoms. The van der Waals surface area contributed by atoms with Crippen LogP contribution in [0.4, 0.5) is 17.6 Å². The second kappa shape index (κ2) is 11.5. The molecular formula is C26H25ClF4N6O2. The molecule has 1 fully saturated rings. The van der Waals surface area contributed by atoms with Gasteiger partial charge in [-0.1, -0.05) is 23.7 Å². The van der Waals surface area contributed by atoms with Crippen LogP contribution in [0, 0.1) is 5.82 Å². The van der Waals surface area contributed by atoms with Gasteiger partial charge in [-0.05, 0) is 36.2 Å². The van der Waals surface area contributed by atoms with E-state index in [1.54, 1.807) is 11.0 Å². The number of halogens is 5. The third-order valence-corrected chi connectivity index (χ3v) is 6.58. The summed E-state index contributed by atoms with van der Waals surface area (Å²) >= 11 is 6.32. The van der Waals surface area contributed by atoms with E-state index in [1.807, 2.05) is 0 Å². The fraction of sp³-hybridized carbons (Fsp3) is 0.346. The van der Waals surface area contributed by atoms with Crippen LogP contribution in [-0.4, -0.2) is 76.8 Å². The summed E-state index contributed by atoms with van der Waals surface area (Å²) in [6.07, 6.45) is -2.51. The van der Waals surface area contributed by atoms with Crippen molar-refractivity contribution in [3.05, 3.63) is 70.8 Å². The Kier molecular flexibility index (Phi) is 8.34.